The van der Waals surface area contributed by atoms with Crippen LogP contribution in [0, 0.1) is 11.8 Å². The van der Waals surface area contributed by atoms with Gasteiger partial charge in [0.15, 0.2) is 0 Å². The normalized spacial score (nSPS) is 16.2. The van der Waals surface area contributed by atoms with Crippen molar-refractivity contribution in [2.24, 2.45) is 11.8 Å². The van der Waals surface area contributed by atoms with Crippen LogP contribution in [-0.4, -0.2) is 17.0 Å². The van der Waals surface area contributed by atoms with E-state index in [4.69, 9.17) is 0 Å². The summed E-state index contributed by atoms with van der Waals surface area (Å²) in [7, 11) is 0. The first-order valence-electron chi connectivity index (χ1n) is 8.41. The van der Waals surface area contributed by atoms with Crippen LogP contribution in [-0.2, 0) is 0 Å². The van der Waals surface area contributed by atoms with Crippen LogP contribution in [0.5, 0.6) is 0 Å². The predicted octanol–water partition coefficient (Wildman–Crippen LogP) is 5.53. The molecule has 120 valence electrons. The number of hydrogen-bond donors (Lipinski definition) is 1. The van der Waals surface area contributed by atoms with Gasteiger partial charge in [-0.1, -0.05) is 71.9 Å². The largest absolute Gasteiger partial charge is 0.309 e. The Morgan fingerprint density at radius 3 is 2.05 bits per heavy atom. The molecule has 21 heavy (non-hydrogen) atoms. The van der Waals surface area contributed by atoms with E-state index < -0.39 is 0 Å². The van der Waals surface area contributed by atoms with Crippen LogP contribution >= 0.6 is 11.8 Å². The molecule has 1 rings (SSSR count). The molecule has 0 radical (unpaired) electrons. The van der Waals surface area contributed by atoms with E-state index in [-0.39, 0.29) is 0 Å². The van der Waals surface area contributed by atoms with Crippen molar-refractivity contribution in [1.82, 2.24) is 5.32 Å². The van der Waals surface area contributed by atoms with E-state index in [1.807, 2.05) is 0 Å². The van der Waals surface area contributed by atoms with Crippen molar-refractivity contribution in [2.45, 2.75) is 64.5 Å². The Morgan fingerprint density at radius 1 is 0.952 bits per heavy atom. The highest BCUT2D eigenvalue weighted by atomic mass is 32.2. The van der Waals surface area contributed by atoms with Crippen LogP contribution in [0.3, 0.4) is 0 Å². The Hall–Kier alpha value is -0.470. The van der Waals surface area contributed by atoms with Gasteiger partial charge in [-0.15, -0.1) is 0 Å². The van der Waals surface area contributed by atoms with Crippen molar-refractivity contribution in [3.63, 3.8) is 0 Å². The maximum absolute atomic E-state index is 3.79. The van der Waals surface area contributed by atoms with Gasteiger partial charge in [-0.3, -0.25) is 0 Å². The van der Waals surface area contributed by atoms with Gasteiger partial charge in [-0.2, -0.15) is 11.8 Å². The molecule has 1 nitrogen and oxygen atoms in total. The first-order valence-corrected chi connectivity index (χ1v) is 9.35. The summed E-state index contributed by atoms with van der Waals surface area (Å²) in [4.78, 5) is 0. The average molecular weight is 308 g/mol. The fourth-order valence-corrected chi connectivity index (χ4v) is 3.94. The molecule has 3 atom stereocenters. The Labute approximate surface area is 136 Å². The van der Waals surface area contributed by atoms with Crippen LogP contribution in [0.25, 0.3) is 0 Å². The van der Waals surface area contributed by atoms with Crippen LogP contribution in [0.2, 0.25) is 0 Å². The Balaban J connectivity index is 2.95. The molecule has 0 aromatic heterocycles. The second kappa shape index (κ2) is 9.53. The molecule has 0 aliphatic rings. The van der Waals surface area contributed by atoms with E-state index in [2.05, 4.69) is 89.0 Å². The molecule has 1 aromatic carbocycles. The first-order chi connectivity index (χ1) is 9.97. The third kappa shape index (κ3) is 6.04. The van der Waals surface area contributed by atoms with Crippen molar-refractivity contribution in [3.05, 3.63) is 35.9 Å². The number of nitrogens with one attached hydrogen (secondary N) is 1. The molecular formula is C19H33NS. The molecule has 2 heteroatoms. The molecule has 1 aromatic rings. The summed E-state index contributed by atoms with van der Waals surface area (Å²) >= 11 is 2.15. The highest BCUT2D eigenvalue weighted by Gasteiger charge is 2.28. The minimum atomic E-state index is 0.442. The number of rotatable bonds is 9. The SMILES string of the molecule is CCCNC(c1ccccc1)C(SC(C)C(C)C)C(C)C. The Bertz CT molecular complexity index is 374. The Morgan fingerprint density at radius 2 is 1.57 bits per heavy atom. The first kappa shape index (κ1) is 18.6. The maximum atomic E-state index is 3.79. The summed E-state index contributed by atoms with van der Waals surface area (Å²) in [5.41, 5.74) is 1.42. The van der Waals surface area contributed by atoms with Crippen LogP contribution in [0.1, 0.15) is 59.6 Å². The average Bonchev–Trinajstić information content (AvgIpc) is 2.46. The van der Waals surface area contributed by atoms with E-state index >= 15 is 0 Å². The molecule has 1 N–H and O–H groups in total. The number of hydrogen-bond acceptors (Lipinski definition) is 2. The van der Waals surface area contributed by atoms with Gasteiger partial charge in [0.2, 0.25) is 0 Å². The Kier molecular flexibility index (Phi) is 8.43. The van der Waals surface area contributed by atoms with Crippen LogP contribution in [0.15, 0.2) is 30.3 Å². The molecule has 0 bridgehead atoms. The van der Waals surface area contributed by atoms with E-state index in [1.165, 1.54) is 12.0 Å². The summed E-state index contributed by atoms with van der Waals surface area (Å²) in [5, 5.41) is 5.09. The van der Waals surface area contributed by atoms with E-state index in [0.717, 1.165) is 12.5 Å². The predicted molar refractivity (Wildman–Crippen MR) is 98.0 cm³/mol. The molecule has 3 unspecified atom stereocenters. The van der Waals surface area contributed by atoms with Crippen molar-refractivity contribution < 1.29 is 0 Å². The lowest BCUT2D eigenvalue weighted by Crippen LogP contribution is -2.35. The summed E-state index contributed by atoms with van der Waals surface area (Å²) in [6, 6.07) is 11.4. The number of benzene rings is 1. The zero-order valence-electron chi connectivity index (χ0n) is 14.6. The zero-order valence-corrected chi connectivity index (χ0v) is 15.4. The standard InChI is InChI=1S/C19H33NS/c1-7-13-20-18(17-11-9-8-10-12-17)19(15(4)5)21-16(6)14(2)3/h8-12,14-16,18-20H,7,13H2,1-6H3. The lowest BCUT2D eigenvalue weighted by molar-refractivity contribution is 0.441. The summed E-state index contributed by atoms with van der Waals surface area (Å²) in [5.74, 6) is 1.38. The van der Waals surface area contributed by atoms with Crippen molar-refractivity contribution in [3.8, 4) is 0 Å². The van der Waals surface area contributed by atoms with Gasteiger partial charge >= 0.3 is 0 Å². The van der Waals surface area contributed by atoms with Crippen molar-refractivity contribution in [1.29, 1.82) is 0 Å². The summed E-state index contributed by atoms with van der Waals surface area (Å²) in [6.07, 6.45) is 1.18. The molecule has 0 saturated heterocycles. The molecule has 0 spiro atoms. The molecular weight excluding hydrogens is 274 g/mol. The lowest BCUT2D eigenvalue weighted by atomic mass is 9.96. The fourth-order valence-electron chi connectivity index (χ4n) is 2.41. The van der Waals surface area contributed by atoms with Gasteiger partial charge in [-0.25, -0.2) is 0 Å². The van der Waals surface area contributed by atoms with Gasteiger partial charge in [0.1, 0.15) is 0 Å². The third-order valence-corrected chi connectivity index (χ3v) is 6.17. The molecule has 0 fully saturated rings. The van der Waals surface area contributed by atoms with Gasteiger partial charge in [0.05, 0.1) is 0 Å². The van der Waals surface area contributed by atoms with E-state index in [0.29, 0.717) is 22.5 Å². The second-order valence-electron chi connectivity index (χ2n) is 6.64. The summed E-state index contributed by atoms with van der Waals surface area (Å²) < 4.78 is 0. The summed E-state index contributed by atoms with van der Waals surface area (Å²) in [6.45, 7) is 15.1. The van der Waals surface area contributed by atoms with Crippen LogP contribution < -0.4 is 5.32 Å². The molecule has 0 aliphatic carbocycles. The van der Waals surface area contributed by atoms with Gasteiger partial charge in [0, 0.05) is 16.5 Å². The maximum Gasteiger partial charge on any atom is 0.0443 e. The number of thioether (sulfide) groups is 1. The van der Waals surface area contributed by atoms with Gasteiger partial charge in [-0.05, 0) is 30.4 Å². The quantitative estimate of drug-likeness (QED) is 0.644. The second-order valence-corrected chi connectivity index (χ2v) is 8.20. The van der Waals surface area contributed by atoms with Crippen LogP contribution in [0.4, 0.5) is 0 Å². The fraction of sp³-hybridized carbons (Fsp3) is 0.684. The zero-order chi connectivity index (χ0) is 15.8. The van der Waals surface area contributed by atoms with Crippen molar-refractivity contribution in [2.75, 3.05) is 6.54 Å². The van der Waals surface area contributed by atoms with Gasteiger partial charge in [0.25, 0.3) is 0 Å². The third-order valence-electron chi connectivity index (χ3n) is 4.07. The monoisotopic (exact) mass is 307 g/mol. The van der Waals surface area contributed by atoms with E-state index in [1.54, 1.807) is 0 Å². The lowest BCUT2D eigenvalue weighted by Gasteiger charge is -2.34. The molecule has 0 heterocycles. The highest BCUT2D eigenvalue weighted by Crippen LogP contribution is 2.36. The van der Waals surface area contributed by atoms with Gasteiger partial charge < -0.3 is 5.32 Å². The van der Waals surface area contributed by atoms with E-state index in [9.17, 15) is 0 Å². The molecule has 0 saturated carbocycles. The highest BCUT2D eigenvalue weighted by molar-refractivity contribution is 8.00. The minimum absolute atomic E-state index is 0.442. The minimum Gasteiger partial charge on any atom is -0.309 e. The molecule has 0 aliphatic heterocycles. The smallest absolute Gasteiger partial charge is 0.0443 e. The van der Waals surface area contributed by atoms with Crippen molar-refractivity contribution >= 4 is 11.8 Å². The molecule has 0 amide bonds. The topological polar surface area (TPSA) is 12.0 Å².